The van der Waals surface area contributed by atoms with Crippen molar-refractivity contribution in [3.05, 3.63) is 15.6 Å². The number of esters is 1. The number of carbonyl (C=O) groups is 1. The molecule has 5 heteroatoms. The number of likely N-dealkylation sites (tertiary alicyclic amines) is 1. The lowest BCUT2D eigenvalue weighted by molar-refractivity contribution is -0.150. The first-order valence-corrected chi connectivity index (χ1v) is 7.73. The van der Waals surface area contributed by atoms with E-state index in [2.05, 4.69) is 16.8 Å². The first-order chi connectivity index (χ1) is 9.10. The van der Waals surface area contributed by atoms with Crippen LogP contribution in [0.2, 0.25) is 0 Å². The molecule has 1 atom stereocenters. The fourth-order valence-electron chi connectivity index (χ4n) is 2.45. The molecule has 0 bridgehead atoms. The first-order valence-electron chi connectivity index (χ1n) is 6.92. The summed E-state index contributed by atoms with van der Waals surface area (Å²) >= 11 is 1.76. The third kappa shape index (κ3) is 3.76. The molecule has 0 saturated carbocycles. The number of nitrogens with zero attached hydrogens (tertiary/aromatic N) is 2. The molecule has 0 amide bonds. The van der Waals surface area contributed by atoms with Crippen molar-refractivity contribution in [3.63, 3.8) is 0 Å². The van der Waals surface area contributed by atoms with Gasteiger partial charge in [-0.3, -0.25) is 9.69 Å². The van der Waals surface area contributed by atoms with E-state index in [9.17, 15) is 4.79 Å². The number of rotatable bonds is 4. The van der Waals surface area contributed by atoms with Crippen LogP contribution in [-0.2, 0) is 16.1 Å². The minimum atomic E-state index is -0.0429. The molecule has 0 spiro atoms. The summed E-state index contributed by atoms with van der Waals surface area (Å²) in [6, 6.07) is 0. The third-order valence-electron chi connectivity index (χ3n) is 3.56. The van der Waals surface area contributed by atoms with Crippen LogP contribution in [0.3, 0.4) is 0 Å². The SMILES string of the molecule is CCOC(=O)C1CCCN(Cc2nc(C)c(C)s2)C1. The monoisotopic (exact) mass is 282 g/mol. The quantitative estimate of drug-likeness (QED) is 0.796. The number of hydrogen-bond acceptors (Lipinski definition) is 5. The molecule has 1 aliphatic heterocycles. The molecule has 19 heavy (non-hydrogen) atoms. The van der Waals surface area contributed by atoms with E-state index in [-0.39, 0.29) is 11.9 Å². The number of aryl methyl sites for hydroxylation is 2. The fraction of sp³-hybridized carbons (Fsp3) is 0.714. The number of piperidine rings is 1. The highest BCUT2D eigenvalue weighted by Gasteiger charge is 2.27. The molecule has 1 saturated heterocycles. The molecular weight excluding hydrogens is 260 g/mol. The Morgan fingerprint density at radius 2 is 2.32 bits per heavy atom. The molecule has 1 fully saturated rings. The molecule has 1 unspecified atom stereocenters. The molecular formula is C14H22N2O2S. The zero-order valence-electron chi connectivity index (χ0n) is 11.9. The van der Waals surface area contributed by atoms with Gasteiger partial charge in [0.15, 0.2) is 0 Å². The van der Waals surface area contributed by atoms with Crippen LogP contribution in [0.1, 0.15) is 35.3 Å². The lowest BCUT2D eigenvalue weighted by Crippen LogP contribution is -2.38. The van der Waals surface area contributed by atoms with Gasteiger partial charge in [-0.2, -0.15) is 0 Å². The zero-order chi connectivity index (χ0) is 13.8. The highest BCUT2D eigenvalue weighted by atomic mass is 32.1. The normalized spacial score (nSPS) is 20.5. The van der Waals surface area contributed by atoms with Gasteiger partial charge in [0.1, 0.15) is 5.01 Å². The standard InChI is InChI=1S/C14H22N2O2S/c1-4-18-14(17)12-6-5-7-16(8-12)9-13-15-10(2)11(3)19-13/h12H,4-9H2,1-3H3. The first kappa shape index (κ1) is 14.5. The molecule has 1 aromatic heterocycles. The summed E-state index contributed by atoms with van der Waals surface area (Å²) in [4.78, 5) is 20.0. The maximum Gasteiger partial charge on any atom is 0.310 e. The molecule has 1 aromatic rings. The van der Waals surface area contributed by atoms with E-state index in [1.807, 2.05) is 13.8 Å². The van der Waals surface area contributed by atoms with Crippen molar-refractivity contribution in [3.8, 4) is 0 Å². The summed E-state index contributed by atoms with van der Waals surface area (Å²) in [5.74, 6) is -0.00504. The van der Waals surface area contributed by atoms with Crippen molar-refractivity contribution in [2.45, 2.75) is 40.2 Å². The van der Waals surface area contributed by atoms with Gasteiger partial charge in [0.25, 0.3) is 0 Å². The van der Waals surface area contributed by atoms with Gasteiger partial charge in [-0.25, -0.2) is 4.98 Å². The van der Waals surface area contributed by atoms with E-state index in [1.54, 1.807) is 11.3 Å². The number of ether oxygens (including phenoxy) is 1. The molecule has 2 rings (SSSR count). The summed E-state index contributed by atoms with van der Waals surface area (Å²) in [5.41, 5.74) is 1.12. The van der Waals surface area contributed by atoms with Crippen molar-refractivity contribution in [2.75, 3.05) is 19.7 Å². The predicted octanol–water partition coefficient (Wildman–Crippen LogP) is 2.54. The Balaban J connectivity index is 1.92. The number of carbonyl (C=O) groups excluding carboxylic acids is 1. The van der Waals surface area contributed by atoms with Crippen LogP contribution in [0, 0.1) is 19.8 Å². The van der Waals surface area contributed by atoms with Gasteiger partial charge in [-0.1, -0.05) is 0 Å². The highest BCUT2D eigenvalue weighted by Crippen LogP contribution is 2.22. The predicted molar refractivity (Wildman–Crippen MR) is 76.2 cm³/mol. The van der Waals surface area contributed by atoms with Crippen LogP contribution >= 0.6 is 11.3 Å². The van der Waals surface area contributed by atoms with Crippen molar-refractivity contribution >= 4 is 17.3 Å². The van der Waals surface area contributed by atoms with E-state index < -0.39 is 0 Å². The lowest BCUT2D eigenvalue weighted by atomic mass is 9.98. The Morgan fingerprint density at radius 1 is 1.53 bits per heavy atom. The van der Waals surface area contributed by atoms with Gasteiger partial charge in [0.05, 0.1) is 24.8 Å². The minimum absolute atomic E-state index is 0.0378. The van der Waals surface area contributed by atoms with Gasteiger partial charge >= 0.3 is 5.97 Å². The molecule has 2 heterocycles. The molecule has 106 valence electrons. The second-order valence-electron chi connectivity index (χ2n) is 5.08. The van der Waals surface area contributed by atoms with E-state index in [1.165, 1.54) is 4.88 Å². The van der Waals surface area contributed by atoms with E-state index in [0.717, 1.165) is 43.2 Å². The fourth-order valence-corrected chi connectivity index (χ4v) is 3.43. The van der Waals surface area contributed by atoms with Gasteiger partial charge in [0, 0.05) is 11.4 Å². The van der Waals surface area contributed by atoms with E-state index in [0.29, 0.717) is 6.61 Å². The number of hydrogen-bond donors (Lipinski definition) is 0. The topological polar surface area (TPSA) is 42.4 Å². The van der Waals surface area contributed by atoms with E-state index in [4.69, 9.17) is 4.74 Å². The van der Waals surface area contributed by atoms with Gasteiger partial charge in [-0.15, -0.1) is 11.3 Å². The molecule has 0 radical (unpaired) electrons. The zero-order valence-corrected chi connectivity index (χ0v) is 12.8. The minimum Gasteiger partial charge on any atom is -0.466 e. The summed E-state index contributed by atoms with van der Waals surface area (Å²) < 4.78 is 5.12. The number of aromatic nitrogens is 1. The molecule has 0 aromatic carbocycles. The summed E-state index contributed by atoms with van der Waals surface area (Å²) in [7, 11) is 0. The Bertz CT molecular complexity index is 425. The molecule has 4 nitrogen and oxygen atoms in total. The van der Waals surface area contributed by atoms with Crippen LogP contribution in [-0.4, -0.2) is 35.5 Å². The summed E-state index contributed by atoms with van der Waals surface area (Å²) in [6.07, 6.45) is 2.01. The summed E-state index contributed by atoms with van der Waals surface area (Å²) in [5, 5.41) is 1.15. The van der Waals surface area contributed by atoms with Gasteiger partial charge in [-0.05, 0) is 40.2 Å². The Labute approximate surface area is 118 Å². The maximum absolute atomic E-state index is 11.8. The third-order valence-corrected chi connectivity index (χ3v) is 4.61. The Kier molecular flexibility index (Phi) is 4.93. The van der Waals surface area contributed by atoms with Gasteiger partial charge in [0.2, 0.25) is 0 Å². The second-order valence-corrected chi connectivity index (χ2v) is 6.36. The lowest BCUT2D eigenvalue weighted by Gasteiger charge is -2.30. The summed E-state index contributed by atoms with van der Waals surface area (Å²) in [6.45, 7) is 9.19. The van der Waals surface area contributed by atoms with Crippen molar-refractivity contribution < 1.29 is 9.53 Å². The highest BCUT2D eigenvalue weighted by molar-refractivity contribution is 7.11. The molecule has 0 aliphatic carbocycles. The molecule has 1 aliphatic rings. The average molecular weight is 282 g/mol. The van der Waals surface area contributed by atoms with Crippen LogP contribution in [0.5, 0.6) is 0 Å². The molecule has 0 N–H and O–H groups in total. The van der Waals surface area contributed by atoms with Crippen molar-refractivity contribution in [1.82, 2.24) is 9.88 Å². The van der Waals surface area contributed by atoms with Crippen LogP contribution in [0.4, 0.5) is 0 Å². The Hall–Kier alpha value is -0.940. The largest absolute Gasteiger partial charge is 0.466 e. The van der Waals surface area contributed by atoms with Crippen molar-refractivity contribution in [1.29, 1.82) is 0 Å². The van der Waals surface area contributed by atoms with Crippen LogP contribution < -0.4 is 0 Å². The van der Waals surface area contributed by atoms with Gasteiger partial charge < -0.3 is 4.74 Å². The smallest absolute Gasteiger partial charge is 0.310 e. The van der Waals surface area contributed by atoms with E-state index >= 15 is 0 Å². The Morgan fingerprint density at radius 3 is 2.95 bits per heavy atom. The average Bonchev–Trinajstić information content (AvgIpc) is 2.69. The maximum atomic E-state index is 11.8. The van der Waals surface area contributed by atoms with Crippen LogP contribution in [0.15, 0.2) is 0 Å². The van der Waals surface area contributed by atoms with Crippen molar-refractivity contribution in [2.24, 2.45) is 5.92 Å². The second kappa shape index (κ2) is 6.48. The number of thiazole rings is 1. The van der Waals surface area contributed by atoms with Crippen LogP contribution in [0.25, 0.3) is 0 Å².